The van der Waals surface area contributed by atoms with Gasteiger partial charge in [-0.15, -0.1) is 13.2 Å². The van der Waals surface area contributed by atoms with Gasteiger partial charge in [0.2, 0.25) is 6.41 Å². The highest BCUT2D eigenvalue weighted by molar-refractivity contribution is 6.31. The Balaban J connectivity index is 0.000000354. The van der Waals surface area contributed by atoms with E-state index in [2.05, 4.69) is 33.8 Å². The predicted molar refractivity (Wildman–Crippen MR) is 138 cm³/mol. The highest BCUT2D eigenvalue weighted by Crippen LogP contribution is 2.36. The van der Waals surface area contributed by atoms with Gasteiger partial charge in [-0.2, -0.15) is 13.2 Å². The Morgan fingerprint density at radius 3 is 2.11 bits per heavy atom. The molecule has 2 aromatic carbocycles. The SMILES string of the molecule is C=C.CN=C(c1ccncc1)N(C)c1ccc(NC=O)cc1.CNc1ccc(Cl)c(C(F)(F)F)c1. The van der Waals surface area contributed by atoms with Crippen molar-refractivity contribution in [3.8, 4) is 0 Å². The number of aliphatic imine (C=N–C) groups is 1. The molecule has 0 aliphatic rings. The van der Waals surface area contributed by atoms with Crippen LogP contribution >= 0.6 is 11.6 Å². The molecule has 0 bridgehead atoms. The molecule has 186 valence electrons. The molecule has 0 saturated carbocycles. The third-order valence-corrected chi connectivity index (χ3v) is 4.84. The van der Waals surface area contributed by atoms with Crippen LogP contribution in [0.3, 0.4) is 0 Å². The zero-order valence-corrected chi connectivity index (χ0v) is 20.4. The zero-order valence-electron chi connectivity index (χ0n) is 19.6. The summed E-state index contributed by atoms with van der Waals surface area (Å²) in [6.45, 7) is 6.00. The summed E-state index contributed by atoms with van der Waals surface area (Å²) in [5, 5.41) is 4.93. The maximum atomic E-state index is 12.3. The van der Waals surface area contributed by atoms with Crippen LogP contribution < -0.4 is 15.5 Å². The first kappa shape index (κ1) is 29.2. The van der Waals surface area contributed by atoms with Crippen LogP contribution in [0, 0.1) is 0 Å². The number of alkyl halides is 3. The summed E-state index contributed by atoms with van der Waals surface area (Å²) in [6.07, 6.45) is -0.254. The van der Waals surface area contributed by atoms with E-state index in [9.17, 15) is 18.0 Å². The predicted octanol–water partition coefficient (Wildman–Crippen LogP) is 6.37. The molecule has 0 spiro atoms. The summed E-state index contributed by atoms with van der Waals surface area (Å²) in [6, 6.07) is 15.1. The maximum Gasteiger partial charge on any atom is 0.417 e. The number of carbonyl (C=O) groups excluding carboxylic acids is 1. The molecule has 1 aromatic heterocycles. The van der Waals surface area contributed by atoms with Crippen LogP contribution in [-0.4, -0.2) is 38.4 Å². The van der Waals surface area contributed by atoms with Gasteiger partial charge in [0.25, 0.3) is 0 Å². The van der Waals surface area contributed by atoms with Crippen LogP contribution in [0.2, 0.25) is 5.02 Å². The van der Waals surface area contributed by atoms with Crippen LogP contribution in [0.25, 0.3) is 0 Å². The third-order valence-electron chi connectivity index (χ3n) is 4.51. The van der Waals surface area contributed by atoms with Crippen molar-refractivity contribution in [3.63, 3.8) is 0 Å². The molecular formula is C25H27ClF3N5O. The second-order valence-corrected chi connectivity index (χ2v) is 7.00. The summed E-state index contributed by atoms with van der Waals surface area (Å²) in [5.41, 5.74) is 2.31. The van der Waals surface area contributed by atoms with Crippen LogP contribution in [0.1, 0.15) is 11.1 Å². The number of pyridine rings is 1. The van der Waals surface area contributed by atoms with Crippen LogP contribution in [-0.2, 0) is 11.0 Å². The normalized spacial score (nSPS) is 10.7. The fourth-order valence-corrected chi connectivity index (χ4v) is 3.07. The summed E-state index contributed by atoms with van der Waals surface area (Å²) in [7, 11) is 5.25. The standard InChI is InChI=1S/C15H16N4O.C8H7ClF3N.C2H4/c1-16-15(12-7-9-17-10-8-12)19(2)14-5-3-13(4-6-14)18-11-20;1-13-5-2-3-7(9)6(4-5)8(10,11)12;1-2/h3-11H,1-2H3,(H,18,20);2-4,13H,1H3;1-2H2. The zero-order chi connectivity index (χ0) is 26.4. The number of anilines is 3. The lowest BCUT2D eigenvalue weighted by molar-refractivity contribution is -0.137. The van der Waals surface area contributed by atoms with E-state index in [1.807, 2.05) is 48.3 Å². The fourth-order valence-electron chi connectivity index (χ4n) is 2.84. The molecule has 1 heterocycles. The fraction of sp³-hybridized carbons (Fsp3) is 0.160. The minimum absolute atomic E-state index is 0.286. The monoisotopic (exact) mass is 505 g/mol. The number of aromatic nitrogens is 1. The van der Waals surface area contributed by atoms with E-state index in [4.69, 9.17) is 11.6 Å². The summed E-state index contributed by atoms with van der Waals surface area (Å²) < 4.78 is 36.8. The van der Waals surface area contributed by atoms with Gasteiger partial charge in [0.05, 0.1) is 10.6 Å². The quantitative estimate of drug-likeness (QED) is 0.183. The summed E-state index contributed by atoms with van der Waals surface area (Å²) in [5.74, 6) is 0.850. The number of halogens is 4. The third kappa shape index (κ3) is 8.78. The molecule has 10 heteroatoms. The second-order valence-electron chi connectivity index (χ2n) is 6.59. The Labute approximate surface area is 208 Å². The molecular weight excluding hydrogens is 479 g/mol. The first-order chi connectivity index (χ1) is 16.7. The average molecular weight is 506 g/mol. The minimum atomic E-state index is -4.40. The average Bonchev–Trinajstić information content (AvgIpc) is 2.87. The van der Waals surface area contributed by atoms with Crippen molar-refractivity contribution in [2.24, 2.45) is 4.99 Å². The molecule has 3 rings (SSSR count). The minimum Gasteiger partial charge on any atom is -0.388 e. The largest absolute Gasteiger partial charge is 0.417 e. The number of nitrogens with zero attached hydrogens (tertiary/aromatic N) is 3. The molecule has 0 unspecified atom stereocenters. The molecule has 35 heavy (non-hydrogen) atoms. The number of amides is 1. The number of nitrogens with one attached hydrogen (secondary N) is 2. The molecule has 0 atom stereocenters. The van der Waals surface area contributed by atoms with Gasteiger partial charge in [0.1, 0.15) is 5.84 Å². The van der Waals surface area contributed by atoms with E-state index < -0.39 is 11.7 Å². The highest BCUT2D eigenvalue weighted by Gasteiger charge is 2.33. The van der Waals surface area contributed by atoms with Gasteiger partial charge in [0, 0.05) is 56.2 Å². The maximum absolute atomic E-state index is 12.3. The van der Waals surface area contributed by atoms with Crippen molar-refractivity contribution in [1.82, 2.24) is 4.98 Å². The molecule has 0 aliphatic heterocycles. The van der Waals surface area contributed by atoms with E-state index in [1.165, 1.54) is 12.1 Å². The van der Waals surface area contributed by atoms with Crippen molar-refractivity contribution < 1.29 is 18.0 Å². The van der Waals surface area contributed by atoms with Gasteiger partial charge < -0.3 is 15.5 Å². The van der Waals surface area contributed by atoms with Gasteiger partial charge in [-0.3, -0.25) is 14.8 Å². The van der Waals surface area contributed by atoms with Crippen molar-refractivity contribution in [2.45, 2.75) is 6.18 Å². The van der Waals surface area contributed by atoms with Gasteiger partial charge in [-0.25, -0.2) is 0 Å². The Kier molecular flexibility index (Phi) is 12.0. The lowest BCUT2D eigenvalue weighted by Gasteiger charge is -2.21. The number of benzene rings is 2. The van der Waals surface area contributed by atoms with E-state index in [-0.39, 0.29) is 5.02 Å². The lowest BCUT2D eigenvalue weighted by Crippen LogP contribution is -2.27. The van der Waals surface area contributed by atoms with Crippen molar-refractivity contribution >= 4 is 40.9 Å². The van der Waals surface area contributed by atoms with Gasteiger partial charge in [-0.1, -0.05) is 11.6 Å². The van der Waals surface area contributed by atoms with E-state index >= 15 is 0 Å². The first-order valence-corrected chi connectivity index (χ1v) is 10.5. The van der Waals surface area contributed by atoms with Gasteiger partial charge >= 0.3 is 6.18 Å². The van der Waals surface area contributed by atoms with Crippen LogP contribution in [0.5, 0.6) is 0 Å². The van der Waals surface area contributed by atoms with E-state index in [0.717, 1.165) is 28.8 Å². The molecule has 3 aromatic rings. The molecule has 1 amide bonds. The van der Waals surface area contributed by atoms with Crippen LogP contribution in [0.4, 0.5) is 30.2 Å². The van der Waals surface area contributed by atoms with Crippen molar-refractivity contribution in [2.75, 3.05) is 36.7 Å². The number of carbonyl (C=O) groups is 1. The highest BCUT2D eigenvalue weighted by atomic mass is 35.5. The molecule has 0 aliphatic carbocycles. The Morgan fingerprint density at radius 2 is 1.63 bits per heavy atom. The Bertz CT molecular complexity index is 1090. The molecule has 0 radical (unpaired) electrons. The van der Waals surface area contributed by atoms with E-state index in [1.54, 1.807) is 26.5 Å². The van der Waals surface area contributed by atoms with Crippen molar-refractivity contribution in [1.29, 1.82) is 0 Å². The van der Waals surface area contributed by atoms with Gasteiger partial charge in [-0.05, 0) is 54.6 Å². The summed E-state index contributed by atoms with van der Waals surface area (Å²) >= 11 is 5.39. The smallest absolute Gasteiger partial charge is 0.388 e. The Morgan fingerprint density at radius 1 is 1.06 bits per heavy atom. The van der Waals surface area contributed by atoms with Crippen molar-refractivity contribution in [3.05, 3.63) is 96.3 Å². The number of rotatable bonds is 5. The molecule has 0 saturated heterocycles. The summed E-state index contributed by atoms with van der Waals surface area (Å²) in [4.78, 5) is 20.7. The number of amidine groups is 1. The van der Waals surface area contributed by atoms with E-state index in [0.29, 0.717) is 12.1 Å². The Hall–Kier alpha value is -3.85. The second kappa shape index (κ2) is 14.4. The number of hydrogen-bond acceptors (Lipinski definition) is 4. The molecule has 2 N–H and O–H groups in total. The lowest BCUT2D eigenvalue weighted by atomic mass is 10.2. The van der Waals surface area contributed by atoms with Crippen LogP contribution in [0.15, 0.2) is 85.1 Å². The topological polar surface area (TPSA) is 69.6 Å². The number of hydrogen-bond donors (Lipinski definition) is 2. The molecule has 6 nitrogen and oxygen atoms in total. The molecule has 0 fully saturated rings. The first-order valence-electron chi connectivity index (χ1n) is 10.2. The van der Waals surface area contributed by atoms with Gasteiger partial charge in [0.15, 0.2) is 0 Å².